The van der Waals surface area contributed by atoms with Gasteiger partial charge in [0.15, 0.2) is 0 Å². The molecular formula is C11H9NO2. The lowest BCUT2D eigenvalue weighted by Crippen LogP contribution is -2.18. The Balaban J connectivity index is 2.24. The standard InChI is InChI=1S/C11H9NO2/c1-2-8-4-3-5-9(6-8)10-7-14-11(13)12-10/h1,3-6,10H,7H2,(H,12,13)/t10-/m0/s1. The van der Waals surface area contributed by atoms with Crippen LogP contribution in [0, 0.1) is 12.3 Å². The third kappa shape index (κ3) is 1.55. The Hall–Kier alpha value is -1.95. The highest BCUT2D eigenvalue weighted by Gasteiger charge is 2.23. The number of nitrogens with one attached hydrogen (secondary N) is 1. The normalized spacial score (nSPS) is 19.6. The molecule has 1 aromatic carbocycles. The van der Waals surface area contributed by atoms with Crippen LogP contribution in [0.1, 0.15) is 17.2 Å². The fourth-order valence-electron chi connectivity index (χ4n) is 1.41. The van der Waals surface area contributed by atoms with E-state index in [2.05, 4.69) is 11.2 Å². The Kier molecular flexibility index (Phi) is 2.11. The van der Waals surface area contributed by atoms with Crippen molar-refractivity contribution in [3.63, 3.8) is 0 Å². The highest BCUT2D eigenvalue weighted by atomic mass is 16.6. The molecule has 70 valence electrons. The number of benzene rings is 1. The number of hydrogen-bond donors (Lipinski definition) is 1. The number of amides is 1. The van der Waals surface area contributed by atoms with Crippen molar-refractivity contribution < 1.29 is 9.53 Å². The number of ether oxygens (including phenoxy) is 1. The molecule has 1 amide bonds. The maximum Gasteiger partial charge on any atom is 0.407 e. The van der Waals surface area contributed by atoms with E-state index in [4.69, 9.17) is 11.2 Å². The van der Waals surface area contributed by atoms with E-state index < -0.39 is 0 Å². The van der Waals surface area contributed by atoms with E-state index in [1.807, 2.05) is 24.3 Å². The van der Waals surface area contributed by atoms with Crippen LogP contribution in [0.15, 0.2) is 24.3 Å². The van der Waals surface area contributed by atoms with Gasteiger partial charge in [-0.1, -0.05) is 18.1 Å². The van der Waals surface area contributed by atoms with E-state index in [9.17, 15) is 4.79 Å². The minimum absolute atomic E-state index is 0.0733. The van der Waals surface area contributed by atoms with Gasteiger partial charge < -0.3 is 10.1 Å². The van der Waals surface area contributed by atoms with Gasteiger partial charge in [0.25, 0.3) is 0 Å². The minimum atomic E-state index is -0.374. The molecular weight excluding hydrogens is 178 g/mol. The molecule has 3 heteroatoms. The van der Waals surface area contributed by atoms with Crippen LogP contribution in [0.25, 0.3) is 0 Å². The summed E-state index contributed by atoms with van der Waals surface area (Å²) >= 11 is 0. The van der Waals surface area contributed by atoms with Gasteiger partial charge in [0, 0.05) is 5.56 Å². The van der Waals surface area contributed by atoms with Crippen LogP contribution >= 0.6 is 0 Å². The van der Waals surface area contributed by atoms with Gasteiger partial charge in [-0.15, -0.1) is 6.42 Å². The van der Waals surface area contributed by atoms with Gasteiger partial charge >= 0.3 is 6.09 Å². The van der Waals surface area contributed by atoms with Gasteiger partial charge in [-0.3, -0.25) is 0 Å². The molecule has 0 spiro atoms. The van der Waals surface area contributed by atoms with Gasteiger partial charge in [0.05, 0.1) is 6.04 Å². The van der Waals surface area contributed by atoms with Gasteiger partial charge in [-0.05, 0) is 17.7 Å². The van der Waals surface area contributed by atoms with E-state index >= 15 is 0 Å². The average Bonchev–Trinajstić information content (AvgIpc) is 2.65. The zero-order valence-corrected chi connectivity index (χ0v) is 7.49. The largest absolute Gasteiger partial charge is 0.447 e. The number of rotatable bonds is 1. The van der Waals surface area contributed by atoms with E-state index in [0.717, 1.165) is 11.1 Å². The van der Waals surface area contributed by atoms with Crippen LogP contribution in [-0.2, 0) is 4.74 Å². The quantitative estimate of drug-likeness (QED) is 0.676. The third-order valence-electron chi connectivity index (χ3n) is 2.13. The minimum Gasteiger partial charge on any atom is -0.447 e. The summed E-state index contributed by atoms with van der Waals surface area (Å²) in [5.74, 6) is 2.55. The van der Waals surface area contributed by atoms with Crippen molar-refractivity contribution in [2.45, 2.75) is 6.04 Å². The first-order valence-corrected chi connectivity index (χ1v) is 4.29. The molecule has 1 N–H and O–H groups in total. The van der Waals surface area contributed by atoms with Crippen molar-refractivity contribution in [2.75, 3.05) is 6.61 Å². The van der Waals surface area contributed by atoms with Gasteiger partial charge in [0.2, 0.25) is 0 Å². The van der Waals surface area contributed by atoms with Crippen LogP contribution in [-0.4, -0.2) is 12.7 Å². The Morgan fingerprint density at radius 2 is 2.43 bits per heavy atom. The number of alkyl carbamates (subject to hydrolysis) is 1. The summed E-state index contributed by atoms with van der Waals surface area (Å²) in [6.07, 6.45) is 4.90. The summed E-state index contributed by atoms with van der Waals surface area (Å²) < 4.78 is 4.79. The number of terminal acetylenes is 1. The summed E-state index contributed by atoms with van der Waals surface area (Å²) in [5.41, 5.74) is 1.79. The highest BCUT2D eigenvalue weighted by molar-refractivity contribution is 5.70. The summed E-state index contributed by atoms with van der Waals surface area (Å²) in [6, 6.07) is 7.44. The second-order valence-electron chi connectivity index (χ2n) is 3.07. The molecule has 0 saturated carbocycles. The second-order valence-corrected chi connectivity index (χ2v) is 3.07. The van der Waals surface area contributed by atoms with Crippen molar-refractivity contribution in [2.24, 2.45) is 0 Å². The monoisotopic (exact) mass is 187 g/mol. The second kappa shape index (κ2) is 3.43. The summed E-state index contributed by atoms with van der Waals surface area (Å²) in [4.78, 5) is 10.8. The van der Waals surface area contributed by atoms with Crippen LogP contribution in [0.4, 0.5) is 4.79 Å². The zero-order valence-electron chi connectivity index (χ0n) is 7.49. The Morgan fingerprint density at radius 1 is 1.57 bits per heavy atom. The molecule has 1 atom stereocenters. The van der Waals surface area contributed by atoms with Crippen LogP contribution in [0.2, 0.25) is 0 Å². The average molecular weight is 187 g/mol. The molecule has 3 nitrogen and oxygen atoms in total. The molecule has 0 aromatic heterocycles. The number of carbonyl (C=O) groups excluding carboxylic acids is 1. The highest BCUT2D eigenvalue weighted by Crippen LogP contribution is 2.18. The molecule has 0 bridgehead atoms. The smallest absolute Gasteiger partial charge is 0.407 e. The first kappa shape index (κ1) is 8.64. The number of hydrogen-bond acceptors (Lipinski definition) is 2. The van der Waals surface area contributed by atoms with Crippen molar-refractivity contribution in [1.82, 2.24) is 5.32 Å². The zero-order chi connectivity index (χ0) is 9.97. The molecule has 1 heterocycles. The molecule has 1 aromatic rings. The topological polar surface area (TPSA) is 38.3 Å². The molecule has 2 rings (SSSR count). The molecule has 14 heavy (non-hydrogen) atoms. The molecule has 1 aliphatic heterocycles. The predicted octanol–water partition coefficient (Wildman–Crippen LogP) is 1.45. The lowest BCUT2D eigenvalue weighted by atomic mass is 10.1. The molecule has 0 radical (unpaired) electrons. The Morgan fingerprint density at radius 3 is 3.07 bits per heavy atom. The summed E-state index contributed by atoms with van der Waals surface area (Å²) in [5, 5.41) is 2.69. The van der Waals surface area contributed by atoms with E-state index in [1.54, 1.807) is 0 Å². The molecule has 0 aliphatic carbocycles. The third-order valence-corrected chi connectivity index (χ3v) is 2.13. The summed E-state index contributed by atoms with van der Waals surface area (Å²) in [6.45, 7) is 0.368. The maximum atomic E-state index is 10.8. The number of cyclic esters (lactones) is 1. The van der Waals surface area contributed by atoms with Crippen LogP contribution < -0.4 is 5.32 Å². The first-order chi connectivity index (χ1) is 6.79. The number of carbonyl (C=O) groups is 1. The summed E-state index contributed by atoms with van der Waals surface area (Å²) in [7, 11) is 0. The SMILES string of the molecule is C#Cc1cccc([C@@H]2COC(=O)N2)c1. The van der Waals surface area contributed by atoms with Crippen molar-refractivity contribution >= 4 is 6.09 Å². The Labute approximate surface area is 82.1 Å². The lowest BCUT2D eigenvalue weighted by molar-refractivity contribution is 0.177. The van der Waals surface area contributed by atoms with Gasteiger partial charge in [0.1, 0.15) is 6.61 Å². The first-order valence-electron chi connectivity index (χ1n) is 4.29. The maximum absolute atomic E-state index is 10.8. The van der Waals surface area contributed by atoms with E-state index in [1.165, 1.54) is 0 Å². The molecule has 1 fully saturated rings. The Bertz CT molecular complexity index is 406. The molecule has 1 aliphatic rings. The lowest BCUT2D eigenvalue weighted by Gasteiger charge is -2.07. The van der Waals surface area contributed by atoms with Gasteiger partial charge in [-0.2, -0.15) is 0 Å². The van der Waals surface area contributed by atoms with Crippen molar-refractivity contribution in [3.8, 4) is 12.3 Å². The predicted molar refractivity (Wildman–Crippen MR) is 51.6 cm³/mol. The molecule has 1 saturated heterocycles. The fraction of sp³-hybridized carbons (Fsp3) is 0.182. The van der Waals surface area contributed by atoms with Crippen LogP contribution in [0.3, 0.4) is 0 Å². The fourth-order valence-corrected chi connectivity index (χ4v) is 1.41. The van der Waals surface area contributed by atoms with Crippen LogP contribution in [0.5, 0.6) is 0 Å². The molecule has 0 unspecified atom stereocenters. The van der Waals surface area contributed by atoms with Gasteiger partial charge in [-0.25, -0.2) is 4.79 Å². The van der Waals surface area contributed by atoms with Crippen molar-refractivity contribution in [1.29, 1.82) is 0 Å². The van der Waals surface area contributed by atoms with E-state index in [0.29, 0.717) is 6.61 Å². The van der Waals surface area contributed by atoms with E-state index in [-0.39, 0.29) is 12.1 Å². The van der Waals surface area contributed by atoms with Crippen molar-refractivity contribution in [3.05, 3.63) is 35.4 Å².